The molecular formula is C31H28Cl3N3O5. The van der Waals surface area contributed by atoms with Crippen molar-refractivity contribution in [2.75, 3.05) is 18.0 Å². The lowest BCUT2D eigenvalue weighted by molar-refractivity contribution is 0.0117. The molecule has 3 heterocycles. The number of piperidine rings is 1. The summed E-state index contributed by atoms with van der Waals surface area (Å²) in [5.74, 6) is 1.20. The maximum absolute atomic E-state index is 11.6. The summed E-state index contributed by atoms with van der Waals surface area (Å²) >= 11 is 19.7. The van der Waals surface area contributed by atoms with E-state index in [1.54, 1.807) is 49.4 Å². The fourth-order valence-corrected chi connectivity index (χ4v) is 6.40. The molecule has 0 bridgehead atoms. The Morgan fingerprint density at radius 2 is 1.79 bits per heavy atom. The topological polar surface area (TPSA) is 109 Å². The van der Waals surface area contributed by atoms with E-state index in [-0.39, 0.29) is 12.2 Å². The third kappa shape index (κ3) is 5.69. The summed E-state index contributed by atoms with van der Waals surface area (Å²) in [6.07, 6.45) is 2.85. The molecule has 1 aliphatic heterocycles. The number of nitrogens with zero attached hydrogens (tertiary/aromatic N) is 3. The van der Waals surface area contributed by atoms with Gasteiger partial charge in [-0.25, -0.2) is 9.78 Å². The standard InChI is InChI=1S/C31H28Cl3N3O5/c1-17-13-19(30(38)39)14-26(35-17)37-11-9-31(40,10-12-37)22-8-7-20(15-25(22)34)41-16-21-28(36-42-29(21)18-5-6-18)27-23(32)3-2-4-24(27)33/h2-4,7-8,13-15,18,40H,5-6,9-12,16H2,1H3,(H,38,39). The number of carbonyl (C=O) groups is 1. The highest BCUT2D eigenvalue weighted by atomic mass is 35.5. The van der Waals surface area contributed by atoms with Crippen molar-refractivity contribution in [3.63, 3.8) is 0 Å². The van der Waals surface area contributed by atoms with Gasteiger partial charge in [0.25, 0.3) is 0 Å². The van der Waals surface area contributed by atoms with Crippen molar-refractivity contribution in [3.8, 4) is 17.0 Å². The van der Waals surface area contributed by atoms with Gasteiger partial charge in [-0.2, -0.15) is 0 Å². The largest absolute Gasteiger partial charge is 0.489 e. The molecule has 0 atom stereocenters. The lowest BCUT2D eigenvalue weighted by Crippen LogP contribution is -2.43. The molecule has 2 fully saturated rings. The van der Waals surface area contributed by atoms with Gasteiger partial charge in [0.2, 0.25) is 0 Å². The summed E-state index contributed by atoms with van der Waals surface area (Å²) < 4.78 is 11.9. The van der Waals surface area contributed by atoms with E-state index >= 15 is 0 Å². The molecule has 4 aromatic rings. The van der Waals surface area contributed by atoms with Crippen molar-refractivity contribution in [2.24, 2.45) is 0 Å². The molecule has 1 aliphatic carbocycles. The van der Waals surface area contributed by atoms with Crippen molar-refractivity contribution in [3.05, 3.63) is 91.7 Å². The van der Waals surface area contributed by atoms with Gasteiger partial charge in [0.05, 0.1) is 31.8 Å². The molecule has 0 spiro atoms. The van der Waals surface area contributed by atoms with E-state index in [1.165, 1.54) is 6.07 Å². The number of aromatic nitrogens is 2. The molecule has 0 amide bonds. The van der Waals surface area contributed by atoms with Gasteiger partial charge in [-0.3, -0.25) is 0 Å². The number of aromatic carboxylic acids is 1. The smallest absolute Gasteiger partial charge is 0.335 e. The van der Waals surface area contributed by atoms with Crippen LogP contribution in [0.5, 0.6) is 5.75 Å². The van der Waals surface area contributed by atoms with E-state index in [0.717, 1.165) is 24.2 Å². The lowest BCUT2D eigenvalue weighted by atomic mass is 9.84. The molecule has 2 aromatic carbocycles. The zero-order chi connectivity index (χ0) is 29.6. The highest BCUT2D eigenvalue weighted by Gasteiger charge is 2.37. The number of aliphatic hydroxyl groups is 1. The second-order valence-corrected chi connectivity index (χ2v) is 12.1. The number of carboxylic acid groups (broad SMARTS) is 1. The van der Waals surface area contributed by atoms with Crippen LogP contribution in [-0.4, -0.2) is 39.4 Å². The lowest BCUT2D eigenvalue weighted by Gasteiger charge is -2.39. The molecule has 11 heteroatoms. The molecular weight excluding hydrogens is 601 g/mol. The third-order valence-electron chi connectivity index (χ3n) is 7.89. The van der Waals surface area contributed by atoms with Gasteiger partial charge in [-0.15, -0.1) is 0 Å². The van der Waals surface area contributed by atoms with E-state index in [1.807, 2.05) is 4.90 Å². The van der Waals surface area contributed by atoms with Crippen LogP contribution in [0.1, 0.15) is 64.5 Å². The molecule has 218 valence electrons. The Hall–Kier alpha value is -3.30. The first-order valence-corrected chi connectivity index (χ1v) is 14.8. The third-order valence-corrected chi connectivity index (χ3v) is 8.84. The first-order valence-electron chi connectivity index (χ1n) is 13.7. The maximum atomic E-state index is 11.6. The van der Waals surface area contributed by atoms with E-state index in [0.29, 0.717) is 81.0 Å². The number of hydrogen-bond donors (Lipinski definition) is 2. The molecule has 2 aliphatic rings. The normalized spacial score (nSPS) is 16.5. The van der Waals surface area contributed by atoms with Crippen LogP contribution in [0.4, 0.5) is 5.82 Å². The number of benzene rings is 2. The Labute approximate surface area is 257 Å². The van der Waals surface area contributed by atoms with Gasteiger partial charge in [0, 0.05) is 35.8 Å². The average Bonchev–Trinajstić information content (AvgIpc) is 3.71. The highest BCUT2D eigenvalue weighted by Crippen LogP contribution is 2.46. The Morgan fingerprint density at radius 3 is 2.43 bits per heavy atom. The molecule has 8 nitrogen and oxygen atoms in total. The Morgan fingerprint density at radius 1 is 1.07 bits per heavy atom. The Balaban J connectivity index is 1.18. The number of aryl methyl sites for hydroxylation is 1. The zero-order valence-corrected chi connectivity index (χ0v) is 25.0. The minimum Gasteiger partial charge on any atom is -0.489 e. The van der Waals surface area contributed by atoms with Crippen LogP contribution >= 0.6 is 34.8 Å². The summed E-state index contributed by atoms with van der Waals surface area (Å²) in [6, 6.07) is 13.7. The number of hydrogen-bond acceptors (Lipinski definition) is 7. The summed E-state index contributed by atoms with van der Waals surface area (Å²) in [4.78, 5) is 18.0. The fourth-order valence-electron chi connectivity index (χ4n) is 5.48. The van der Waals surface area contributed by atoms with E-state index in [2.05, 4.69) is 10.1 Å². The summed E-state index contributed by atoms with van der Waals surface area (Å²) in [7, 11) is 0. The molecule has 0 unspecified atom stereocenters. The quantitative estimate of drug-likeness (QED) is 0.205. The maximum Gasteiger partial charge on any atom is 0.335 e. The molecule has 2 N–H and O–H groups in total. The fraction of sp³-hybridized carbons (Fsp3) is 0.323. The molecule has 2 aromatic heterocycles. The summed E-state index contributed by atoms with van der Waals surface area (Å²) in [5.41, 5.74) is 2.26. The number of carboxylic acids is 1. The van der Waals surface area contributed by atoms with Crippen molar-refractivity contribution >= 4 is 46.6 Å². The predicted molar refractivity (Wildman–Crippen MR) is 161 cm³/mol. The van der Waals surface area contributed by atoms with Crippen LogP contribution in [0.3, 0.4) is 0 Å². The van der Waals surface area contributed by atoms with Gasteiger partial charge >= 0.3 is 5.97 Å². The number of pyridine rings is 1. The highest BCUT2D eigenvalue weighted by molar-refractivity contribution is 6.39. The summed E-state index contributed by atoms with van der Waals surface area (Å²) in [5, 5.41) is 26.6. The summed E-state index contributed by atoms with van der Waals surface area (Å²) in [6.45, 7) is 2.93. The van der Waals surface area contributed by atoms with Crippen LogP contribution < -0.4 is 9.64 Å². The van der Waals surface area contributed by atoms with Gasteiger partial charge in [0.1, 0.15) is 29.6 Å². The van der Waals surface area contributed by atoms with Crippen molar-refractivity contribution in [1.82, 2.24) is 10.1 Å². The number of halogens is 3. The monoisotopic (exact) mass is 627 g/mol. The van der Waals surface area contributed by atoms with Crippen LogP contribution in [0.2, 0.25) is 15.1 Å². The molecule has 0 radical (unpaired) electrons. The van der Waals surface area contributed by atoms with Gasteiger partial charge < -0.3 is 24.4 Å². The average molecular weight is 629 g/mol. The second kappa shape index (κ2) is 11.4. The minimum absolute atomic E-state index is 0.183. The van der Waals surface area contributed by atoms with E-state index in [4.69, 9.17) is 44.1 Å². The first kappa shape index (κ1) is 28.8. The minimum atomic E-state index is -1.15. The molecule has 42 heavy (non-hydrogen) atoms. The van der Waals surface area contributed by atoms with Gasteiger partial charge in [-0.05, 0) is 69.0 Å². The SMILES string of the molecule is Cc1cc(C(=O)O)cc(N2CCC(O)(c3ccc(OCc4c(-c5c(Cl)cccc5Cl)noc4C4CC4)cc3Cl)CC2)n1. The number of rotatable bonds is 8. The van der Waals surface area contributed by atoms with Crippen LogP contribution in [-0.2, 0) is 12.2 Å². The molecule has 1 saturated carbocycles. The van der Waals surface area contributed by atoms with E-state index in [9.17, 15) is 15.0 Å². The number of ether oxygens (including phenoxy) is 1. The van der Waals surface area contributed by atoms with Gasteiger partial charge in [0.15, 0.2) is 0 Å². The van der Waals surface area contributed by atoms with Crippen molar-refractivity contribution < 1.29 is 24.3 Å². The molecule has 1 saturated heterocycles. The first-order chi connectivity index (χ1) is 20.1. The second-order valence-electron chi connectivity index (χ2n) is 10.9. The zero-order valence-electron chi connectivity index (χ0n) is 22.7. The Kier molecular flexibility index (Phi) is 7.83. The van der Waals surface area contributed by atoms with Crippen LogP contribution in [0, 0.1) is 6.92 Å². The van der Waals surface area contributed by atoms with Crippen molar-refractivity contribution in [1.29, 1.82) is 0 Å². The van der Waals surface area contributed by atoms with Crippen molar-refractivity contribution in [2.45, 2.75) is 50.7 Å². The van der Waals surface area contributed by atoms with Crippen LogP contribution in [0.25, 0.3) is 11.3 Å². The predicted octanol–water partition coefficient (Wildman–Crippen LogP) is 7.65. The number of anilines is 1. The Bertz CT molecular complexity index is 1640. The molecule has 6 rings (SSSR count). The van der Waals surface area contributed by atoms with Crippen LogP contribution in [0.15, 0.2) is 53.1 Å². The van der Waals surface area contributed by atoms with E-state index < -0.39 is 11.6 Å². The van der Waals surface area contributed by atoms with Gasteiger partial charge in [-0.1, -0.05) is 52.1 Å².